The first-order valence-corrected chi connectivity index (χ1v) is 12.3. The van der Waals surface area contributed by atoms with Crippen LogP contribution in [0.5, 0.6) is 5.75 Å². The number of hydrogen-bond donors (Lipinski definition) is 1. The third-order valence-corrected chi connectivity index (χ3v) is 6.73. The highest BCUT2D eigenvalue weighted by atomic mass is 19.3. The van der Waals surface area contributed by atoms with Gasteiger partial charge in [0.1, 0.15) is 22.9 Å². The number of benzene rings is 1. The van der Waals surface area contributed by atoms with E-state index in [1.54, 1.807) is 29.2 Å². The van der Waals surface area contributed by atoms with Gasteiger partial charge in [-0.25, -0.2) is 13.8 Å². The second kappa shape index (κ2) is 9.89. The quantitative estimate of drug-likeness (QED) is 0.420. The minimum Gasteiger partial charge on any atom is -0.506 e. The van der Waals surface area contributed by atoms with Gasteiger partial charge in [0, 0.05) is 45.3 Å². The maximum Gasteiger partial charge on any atom is 0.296 e. The number of piperazine rings is 1. The second-order valence-corrected chi connectivity index (χ2v) is 8.99. The van der Waals surface area contributed by atoms with Crippen LogP contribution in [0.25, 0.3) is 17.0 Å². The molecule has 0 spiro atoms. The van der Waals surface area contributed by atoms with E-state index in [0.717, 1.165) is 0 Å². The van der Waals surface area contributed by atoms with Crippen LogP contribution in [0.4, 0.5) is 20.4 Å². The Morgan fingerprint density at radius 3 is 2.29 bits per heavy atom. The number of para-hydroxylation sites is 1. The zero-order chi connectivity index (χ0) is 26.2. The summed E-state index contributed by atoms with van der Waals surface area (Å²) in [6.45, 7) is 4.07. The van der Waals surface area contributed by atoms with Crippen molar-refractivity contribution in [1.82, 2.24) is 24.4 Å². The third-order valence-electron chi connectivity index (χ3n) is 6.73. The van der Waals surface area contributed by atoms with Crippen molar-refractivity contribution >= 4 is 28.6 Å². The molecule has 2 aliphatic rings. The van der Waals surface area contributed by atoms with Crippen LogP contribution in [0.3, 0.4) is 0 Å². The topological polar surface area (TPSA) is 113 Å². The number of aromatic hydroxyl groups is 1. The Morgan fingerprint density at radius 2 is 1.63 bits per heavy atom. The summed E-state index contributed by atoms with van der Waals surface area (Å²) in [5.74, 6) is 0.492. The number of phenols is 1. The van der Waals surface area contributed by atoms with Crippen LogP contribution in [0, 0.1) is 0 Å². The summed E-state index contributed by atoms with van der Waals surface area (Å²) >= 11 is 0. The zero-order valence-electron chi connectivity index (χ0n) is 20.3. The number of phenolic OH excluding ortho intramolecular Hbond substituents is 1. The molecule has 1 aromatic carbocycles. The van der Waals surface area contributed by atoms with Crippen LogP contribution in [-0.2, 0) is 4.74 Å². The fraction of sp³-hybridized carbons (Fsp3) is 0.360. The number of amides is 1. The molecule has 1 amide bonds. The SMILES string of the molecule is O=C(c1ccco1)N1CCN(c2cc(N3CCOCC3)nc(-n3c(C(F)F)nc4c(O)cccc43)n2)CC1. The average molecular weight is 526 g/mol. The molecule has 3 aromatic heterocycles. The van der Waals surface area contributed by atoms with E-state index in [2.05, 4.69) is 15.0 Å². The number of aromatic nitrogens is 4. The molecule has 11 nitrogen and oxygen atoms in total. The van der Waals surface area contributed by atoms with Gasteiger partial charge in [0.05, 0.1) is 25.0 Å². The molecule has 38 heavy (non-hydrogen) atoms. The van der Waals surface area contributed by atoms with Gasteiger partial charge in [0.2, 0.25) is 5.95 Å². The first kappa shape index (κ1) is 24.1. The van der Waals surface area contributed by atoms with E-state index in [9.17, 15) is 18.7 Å². The van der Waals surface area contributed by atoms with E-state index >= 15 is 0 Å². The highest BCUT2D eigenvalue weighted by Gasteiger charge is 2.28. The number of hydrogen-bond acceptors (Lipinski definition) is 9. The van der Waals surface area contributed by atoms with Gasteiger partial charge in [0.15, 0.2) is 11.6 Å². The summed E-state index contributed by atoms with van der Waals surface area (Å²) in [4.78, 5) is 31.8. The van der Waals surface area contributed by atoms with Crippen LogP contribution in [0.15, 0.2) is 47.1 Å². The van der Waals surface area contributed by atoms with Crippen molar-refractivity contribution in [3.05, 3.63) is 54.2 Å². The molecule has 1 N–H and O–H groups in total. The molecule has 4 aromatic rings. The van der Waals surface area contributed by atoms with Gasteiger partial charge in [-0.15, -0.1) is 0 Å². The number of fused-ring (bicyclic) bond motifs is 1. The summed E-state index contributed by atoms with van der Waals surface area (Å²) < 4.78 is 40.2. The van der Waals surface area contributed by atoms with E-state index < -0.39 is 12.2 Å². The second-order valence-electron chi connectivity index (χ2n) is 8.99. The summed E-state index contributed by atoms with van der Waals surface area (Å²) in [6.07, 6.45) is -1.45. The molecular formula is C25H25F2N7O4. The molecule has 0 atom stereocenters. The Labute approximate surface area is 215 Å². The first-order chi connectivity index (χ1) is 18.5. The minimum atomic E-state index is -2.92. The number of nitrogens with zero attached hydrogens (tertiary/aromatic N) is 7. The Bertz CT molecular complexity index is 1450. The normalized spacial score (nSPS) is 16.6. The van der Waals surface area contributed by atoms with Crippen molar-refractivity contribution in [2.45, 2.75) is 6.43 Å². The third kappa shape index (κ3) is 4.38. The summed E-state index contributed by atoms with van der Waals surface area (Å²) in [5, 5.41) is 10.3. The zero-order valence-corrected chi connectivity index (χ0v) is 20.3. The molecule has 2 saturated heterocycles. The Morgan fingerprint density at radius 1 is 0.921 bits per heavy atom. The predicted molar refractivity (Wildman–Crippen MR) is 133 cm³/mol. The number of anilines is 2. The molecular weight excluding hydrogens is 500 g/mol. The summed E-state index contributed by atoms with van der Waals surface area (Å²) in [6, 6.07) is 9.69. The standard InChI is InChI=1S/C25H25F2N7O4/c26-22(27)23-30-21-16(3-1-4-17(21)35)34(23)25-28-19(15-20(29-25)32-10-13-37-14-11-32)31-6-8-33(9-7-31)24(36)18-5-2-12-38-18/h1-5,12,15,22,35H,6-11,13-14H2. The van der Waals surface area contributed by atoms with Crippen molar-refractivity contribution in [2.24, 2.45) is 0 Å². The fourth-order valence-electron chi connectivity index (χ4n) is 4.78. The van der Waals surface area contributed by atoms with Crippen LogP contribution < -0.4 is 9.80 Å². The summed E-state index contributed by atoms with van der Waals surface area (Å²) in [7, 11) is 0. The van der Waals surface area contributed by atoms with E-state index in [-0.39, 0.29) is 34.4 Å². The molecule has 198 valence electrons. The minimum absolute atomic E-state index is 0.0292. The van der Waals surface area contributed by atoms with Crippen LogP contribution in [0.2, 0.25) is 0 Å². The number of carbonyl (C=O) groups excluding carboxylic acids is 1. The number of imidazole rings is 1. The molecule has 0 bridgehead atoms. The highest BCUT2D eigenvalue weighted by Crippen LogP contribution is 2.32. The number of halogens is 2. The summed E-state index contributed by atoms with van der Waals surface area (Å²) in [5.41, 5.74) is 0.328. The van der Waals surface area contributed by atoms with Gasteiger partial charge in [0.25, 0.3) is 12.3 Å². The lowest BCUT2D eigenvalue weighted by Crippen LogP contribution is -2.49. The molecule has 5 heterocycles. The largest absolute Gasteiger partial charge is 0.506 e. The fourth-order valence-corrected chi connectivity index (χ4v) is 4.78. The van der Waals surface area contributed by atoms with E-state index in [0.29, 0.717) is 64.1 Å². The molecule has 0 unspecified atom stereocenters. The van der Waals surface area contributed by atoms with Crippen molar-refractivity contribution in [3.63, 3.8) is 0 Å². The van der Waals surface area contributed by atoms with E-state index in [1.807, 2.05) is 15.9 Å². The van der Waals surface area contributed by atoms with Crippen molar-refractivity contribution in [1.29, 1.82) is 0 Å². The van der Waals surface area contributed by atoms with E-state index in [1.165, 1.54) is 16.9 Å². The molecule has 0 saturated carbocycles. The molecule has 0 radical (unpaired) electrons. The van der Waals surface area contributed by atoms with Gasteiger partial charge >= 0.3 is 0 Å². The van der Waals surface area contributed by atoms with Gasteiger partial charge in [-0.1, -0.05) is 6.07 Å². The first-order valence-electron chi connectivity index (χ1n) is 12.3. The lowest BCUT2D eigenvalue weighted by molar-refractivity contribution is 0.0714. The van der Waals surface area contributed by atoms with Gasteiger partial charge in [-0.2, -0.15) is 9.97 Å². The Balaban J connectivity index is 1.38. The number of ether oxygens (including phenoxy) is 1. The molecule has 0 aliphatic carbocycles. The average Bonchev–Trinajstić information content (AvgIpc) is 3.63. The number of morpholine rings is 1. The van der Waals surface area contributed by atoms with Crippen LogP contribution in [0.1, 0.15) is 22.8 Å². The lowest BCUT2D eigenvalue weighted by atomic mass is 10.2. The molecule has 13 heteroatoms. The van der Waals surface area contributed by atoms with Crippen LogP contribution >= 0.6 is 0 Å². The molecule has 2 fully saturated rings. The Kier molecular flexibility index (Phi) is 6.27. The molecule has 6 rings (SSSR count). The van der Waals surface area contributed by atoms with Crippen molar-refractivity contribution < 1.29 is 27.8 Å². The maximum atomic E-state index is 14.1. The van der Waals surface area contributed by atoms with Gasteiger partial charge in [-0.3, -0.25) is 9.36 Å². The molecule has 2 aliphatic heterocycles. The maximum absolute atomic E-state index is 14.1. The van der Waals surface area contributed by atoms with E-state index in [4.69, 9.17) is 9.15 Å². The van der Waals surface area contributed by atoms with Crippen molar-refractivity contribution in [3.8, 4) is 11.7 Å². The highest BCUT2D eigenvalue weighted by molar-refractivity contribution is 5.91. The van der Waals surface area contributed by atoms with Gasteiger partial charge in [-0.05, 0) is 24.3 Å². The number of alkyl halides is 2. The Hall–Kier alpha value is -4.26. The van der Waals surface area contributed by atoms with Crippen molar-refractivity contribution in [2.75, 3.05) is 62.3 Å². The number of carbonyl (C=O) groups is 1. The smallest absolute Gasteiger partial charge is 0.296 e. The number of furan rings is 1. The number of rotatable bonds is 5. The van der Waals surface area contributed by atoms with Gasteiger partial charge < -0.3 is 29.0 Å². The monoisotopic (exact) mass is 525 g/mol. The predicted octanol–water partition coefficient (Wildman–Crippen LogP) is 2.85. The van der Waals surface area contributed by atoms with Crippen LogP contribution in [-0.4, -0.2) is 87.9 Å². The lowest BCUT2D eigenvalue weighted by Gasteiger charge is -2.36.